The van der Waals surface area contributed by atoms with Gasteiger partial charge in [0.05, 0.1) is 5.69 Å². The zero-order chi connectivity index (χ0) is 13.0. The molecular formula is C12H22N4O. The van der Waals surface area contributed by atoms with Crippen molar-refractivity contribution in [1.82, 2.24) is 20.4 Å². The molecule has 0 aliphatic rings. The fourth-order valence-corrected chi connectivity index (χ4v) is 1.62. The molecule has 0 radical (unpaired) electrons. The van der Waals surface area contributed by atoms with Gasteiger partial charge in [0.15, 0.2) is 0 Å². The minimum atomic E-state index is -0.123. The molecule has 0 aliphatic carbocycles. The molecule has 1 aromatic rings. The maximum Gasteiger partial charge on any atom is 0.315 e. The molecule has 0 saturated heterocycles. The van der Waals surface area contributed by atoms with E-state index in [-0.39, 0.29) is 12.1 Å². The van der Waals surface area contributed by atoms with E-state index in [2.05, 4.69) is 15.7 Å². The third kappa shape index (κ3) is 3.47. The summed E-state index contributed by atoms with van der Waals surface area (Å²) >= 11 is 0. The number of aryl methyl sites for hydroxylation is 2. The average Bonchev–Trinajstić information content (AvgIpc) is 2.51. The van der Waals surface area contributed by atoms with Gasteiger partial charge in [0.2, 0.25) is 0 Å². The number of carbonyl (C=O) groups is 1. The molecule has 2 N–H and O–H groups in total. The SMILES string of the molecule is CCC(C)NC(=O)NCc1c(C)nn(C)c1C. The van der Waals surface area contributed by atoms with Crippen molar-refractivity contribution in [2.45, 2.75) is 46.7 Å². The smallest absolute Gasteiger partial charge is 0.315 e. The highest BCUT2D eigenvalue weighted by Crippen LogP contribution is 2.10. The van der Waals surface area contributed by atoms with Crippen molar-refractivity contribution < 1.29 is 4.79 Å². The largest absolute Gasteiger partial charge is 0.336 e. The van der Waals surface area contributed by atoms with E-state index in [4.69, 9.17) is 0 Å². The van der Waals surface area contributed by atoms with Gasteiger partial charge in [0, 0.05) is 30.9 Å². The lowest BCUT2D eigenvalue weighted by molar-refractivity contribution is 0.237. The van der Waals surface area contributed by atoms with Crippen LogP contribution in [0.1, 0.15) is 37.2 Å². The second kappa shape index (κ2) is 5.70. The van der Waals surface area contributed by atoms with Crippen LogP contribution < -0.4 is 10.6 Å². The first-order valence-electron chi connectivity index (χ1n) is 5.99. The second-order valence-electron chi connectivity index (χ2n) is 4.41. The number of amides is 2. The molecule has 1 aromatic heterocycles. The Labute approximate surface area is 103 Å². The summed E-state index contributed by atoms with van der Waals surface area (Å²) in [6.45, 7) is 8.51. The van der Waals surface area contributed by atoms with Crippen LogP contribution in [-0.4, -0.2) is 21.9 Å². The highest BCUT2D eigenvalue weighted by atomic mass is 16.2. The molecule has 0 spiro atoms. The Morgan fingerprint density at radius 1 is 1.47 bits per heavy atom. The van der Waals surface area contributed by atoms with E-state index in [1.54, 1.807) is 0 Å². The van der Waals surface area contributed by atoms with Crippen LogP contribution >= 0.6 is 0 Å². The number of aromatic nitrogens is 2. The van der Waals surface area contributed by atoms with Crippen molar-refractivity contribution in [1.29, 1.82) is 0 Å². The number of nitrogens with one attached hydrogen (secondary N) is 2. The normalized spacial score (nSPS) is 12.3. The van der Waals surface area contributed by atoms with Gasteiger partial charge in [-0.25, -0.2) is 4.79 Å². The number of urea groups is 1. The molecule has 5 nitrogen and oxygen atoms in total. The van der Waals surface area contributed by atoms with E-state index in [0.717, 1.165) is 23.4 Å². The zero-order valence-electron chi connectivity index (χ0n) is 11.3. The van der Waals surface area contributed by atoms with Gasteiger partial charge in [-0.3, -0.25) is 4.68 Å². The minimum Gasteiger partial charge on any atom is -0.336 e. The van der Waals surface area contributed by atoms with Gasteiger partial charge in [0.25, 0.3) is 0 Å². The fourth-order valence-electron chi connectivity index (χ4n) is 1.62. The van der Waals surface area contributed by atoms with Gasteiger partial charge >= 0.3 is 6.03 Å². The van der Waals surface area contributed by atoms with E-state index >= 15 is 0 Å². The molecule has 1 atom stereocenters. The lowest BCUT2D eigenvalue weighted by Gasteiger charge is -2.12. The summed E-state index contributed by atoms with van der Waals surface area (Å²) in [7, 11) is 1.91. The van der Waals surface area contributed by atoms with Crippen LogP contribution in [0.2, 0.25) is 0 Å². The first-order chi connectivity index (χ1) is 7.95. The summed E-state index contributed by atoms with van der Waals surface area (Å²) in [5.74, 6) is 0. The van der Waals surface area contributed by atoms with Crippen LogP contribution in [0.4, 0.5) is 4.79 Å². The van der Waals surface area contributed by atoms with Gasteiger partial charge in [0.1, 0.15) is 0 Å². The molecule has 0 bridgehead atoms. The highest BCUT2D eigenvalue weighted by Gasteiger charge is 2.11. The lowest BCUT2D eigenvalue weighted by Crippen LogP contribution is -2.40. The third-order valence-corrected chi connectivity index (χ3v) is 3.07. The number of carbonyl (C=O) groups excluding carboxylic acids is 1. The summed E-state index contributed by atoms with van der Waals surface area (Å²) in [5, 5.41) is 10.0. The Kier molecular flexibility index (Phi) is 4.54. The van der Waals surface area contributed by atoms with Gasteiger partial charge in [-0.1, -0.05) is 6.92 Å². The summed E-state index contributed by atoms with van der Waals surface area (Å²) in [6.07, 6.45) is 0.929. The summed E-state index contributed by atoms with van der Waals surface area (Å²) in [4.78, 5) is 11.6. The molecule has 1 rings (SSSR count). The van der Waals surface area contributed by atoms with Crippen molar-refractivity contribution >= 4 is 6.03 Å². The lowest BCUT2D eigenvalue weighted by atomic mass is 10.2. The second-order valence-corrected chi connectivity index (χ2v) is 4.41. The van der Waals surface area contributed by atoms with Crippen molar-refractivity contribution in [3.05, 3.63) is 17.0 Å². The van der Waals surface area contributed by atoms with Crippen LogP contribution in [0.5, 0.6) is 0 Å². The first kappa shape index (κ1) is 13.5. The van der Waals surface area contributed by atoms with Gasteiger partial charge in [-0.15, -0.1) is 0 Å². The molecular weight excluding hydrogens is 216 g/mol. The van der Waals surface area contributed by atoms with Crippen LogP contribution in [0, 0.1) is 13.8 Å². The number of hydrogen-bond donors (Lipinski definition) is 2. The minimum absolute atomic E-state index is 0.123. The van der Waals surface area contributed by atoms with Crippen molar-refractivity contribution in [2.24, 2.45) is 7.05 Å². The number of nitrogens with zero attached hydrogens (tertiary/aromatic N) is 2. The van der Waals surface area contributed by atoms with Gasteiger partial charge in [-0.2, -0.15) is 5.10 Å². The van der Waals surface area contributed by atoms with E-state index in [0.29, 0.717) is 6.54 Å². The Hall–Kier alpha value is -1.52. The molecule has 1 unspecified atom stereocenters. The quantitative estimate of drug-likeness (QED) is 0.837. The van der Waals surface area contributed by atoms with Crippen LogP contribution in [-0.2, 0) is 13.6 Å². The molecule has 2 amide bonds. The van der Waals surface area contributed by atoms with Crippen molar-refractivity contribution in [3.8, 4) is 0 Å². The van der Waals surface area contributed by atoms with Crippen molar-refractivity contribution in [3.63, 3.8) is 0 Å². The standard InChI is InChI=1S/C12H22N4O/c1-6-8(2)14-12(17)13-7-11-9(3)15-16(5)10(11)4/h8H,6-7H2,1-5H3,(H2,13,14,17). The van der Waals surface area contributed by atoms with Crippen LogP contribution in [0.15, 0.2) is 0 Å². The third-order valence-electron chi connectivity index (χ3n) is 3.07. The molecule has 1 heterocycles. The topological polar surface area (TPSA) is 59.0 Å². The average molecular weight is 238 g/mol. The Morgan fingerprint density at radius 2 is 2.12 bits per heavy atom. The molecule has 0 fully saturated rings. The van der Waals surface area contributed by atoms with E-state index in [9.17, 15) is 4.79 Å². The molecule has 5 heteroatoms. The molecule has 0 aliphatic heterocycles. The number of hydrogen-bond acceptors (Lipinski definition) is 2. The molecule has 17 heavy (non-hydrogen) atoms. The van der Waals surface area contributed by atoms with Gasteiger partial charge < -0.3 is 10.6 Å². The summed E-state index contributed by atoms with van der Waals surface area (Å²) in [6, 6.07) is 0.0769. The predicted octanol–water partition coefficient (Wildman–Crippen LogP) is 1.63. The van der Waals surface area contributed by atoms with E-state index in [1.807, 2.05) is 39.4 Å². The van der Waals surface area contributed by atoms with E-state index < -0.39 is 0 Å². The first-order valence-corrected chi connectivity index (χ1v) is 5.99. The predicted molar refractivity (Wildman–Crippen MR) is 67.8 cm³/mol. The van der Waals surface area contributed by atoms with Crippen LogP contribution in [0.3, 0.4) is 0 Å². The molecule has 0 aromatic carbocycles. The van der Waals surface area contributed by atoms with Gasteiger partial charge in [-0.05, 0) is 27.2 Å². The van der Waals surface area contributed by atoms with Crippen molar-refractivity contribution in [2.75, 3.05) is 0 Å². The zero-order valence-corrected chi connectivity index (χ0v) is 11.3. The monoisotopic (exact) mass is 238 g/mol. The molecule has 0 saturated carbocycles. The summed E-state index contributed by atoms with van der Waals surface area (Å²) in [5.41, 5.74) is 3.15. The number of rotatable bonds is 4. The Bertz CT molecular complexity index is 397. The van der Waals surface area contributed by atoms with E-state index in [1.165, 1.54) is 0 Å². The highest BCUT2D eigenvalue weighted by molar-refractivity contribution is 5.74. The fraction of sp³-hybridized carbons (Fsp3) is 0.667. The Balaban J connectivity index is 2.53. The maximum atomic E-state index is 11.6. The Morgan fingerprint density at radius 3 is 2.59 bits per heavy atom. The summed E-state index contributed by atoms with van der Waals surface area (Å²) < 4.78 is 1.83. The van der Waals surface area contributed by atoms with Crippen LogP contribution in [0.25, 0.3) is 0 Å². The maximum absolute atomic E-state index is 11.6. The molecule has 96 valence electrons.